The van der Waals surface area contributed by atoms with Crippen LogP contribution in [0.2, 0.25) is 0 Å². The first kappa shape index (κ1) is 14.6. The Morgan fingerprint density at radius 1 is 1.50 bits per heavy atom. The van der Waals surface area contributed by atoms with Crippen LogP contribution in [0.15, 0.2) is 29.4 Å². The molecule has 98 valence electrons. The van der Waals surface area contributed by atoms with E-state index in [0.717, 1.165) is 17.5 Å². The third kappa shape index (κ3) is 5.75. The van der Waals surface area contributed by atoms with E-state index in [1.807, 2.05) is 24.3 Å². The second kappa shape index (κ2) is 7.79. The maximum Gasteiger partial charge on any atom is 0.184 e. The number of nitrogens with zero attached hydrogens (tertiary/aromatic N) is 1. The molecule has 0 saturated carbocycles. The molecule has 3 N–H and O–H groups in total. The van der Waals surface area contributed by atoms with Crippen LogP contribution in [0.5, 0.6) is 0 Å². The molecule has 0 spiro atoms. The summed E-state index contributed by atoms with van der Waals surface area (Å²) in [6.07, 6.45) is 2.98. The Hall–Kier alpha value is -1.46. The van der Waals surface area contributed by atoms with E-state index in [1.165, 1.54) is 0 Å². The van der Waals surface area contributed by atoms with Crippen LogP contribution in [0.25, 0.3) is 0 Å². The molecule has 0 radical (unpaired) electrons. The van der Waals surface area contributed by atoms with Crippen molar-refractivity contribution in [1.82, 2.24) is 5.43 Å². The lowest BCUT2D eigenvalue weighted by molar-refractivity contribution is 0.0508. The Kier molecular flexibility index (Phi) is 6.32. The molecule has 1 aromatic carbocycles. The fraction of sp³-hybridized carbons (Fsp3) is 0.385. The lowest BCUT2D eigenvalue weighted by Gasteiger charge is -2.10. The van der Waals surface area contributed by atoms with E-state index in [-0.39, 0.29) is 5.11 Å². The van der Waals surface area contributed by atoms with E-state index in [4.69, 9.17) is 10.5 Å². The Labute approximate surface area is 113 Å². The van der Waals surface area contributed by atoms with Gasteiger partial charge in [-0.2, -0.15) is 5.10 Å². The number of rotatable bonds is 6. The molecule has 0 aliphatic heterocycles. The summed E-state index contributed by atoms with van der Waals surface area (Å²) in [6, 6.07) is 7.98. The third-order valence-corrected chi connectivity index (χ3v) is 2.57. The number of nitrogens with one attached hydrogen (secondary N) is 1. The van der Waals surface area contributed by atoms with Gasteiger partial charge >= 0.3 is 0 Å². The summed E-state index contributed by atoms with van der Waals surface area (Å²) in [5.74, 6) is 0. The second-order valence-electron chi connectivity index (χ2n) is 4.01. The summed E-state index contributed by atoms with van der Waals surface area (Å²) >= 11 is 4.64. The lowest BCUT2D eigenvalue weighted by Crippen LogP contribution is -2.23. The molecule has 0 aliphatic rings. The van der Waals surface area contributed by atoms with Gasteiger partial charge in [0.2, 0.25) is 0 Å². The van der Waals surface area contributed by atoms with Crippen LogP contribution in [0.3, 0.4) is 0 Å². The lowest BCUT2D eigenvalue weighted by atomic mass is 10.1. The summed E-state index contributed by atoms with van der Waals surface area (Å²) in [6.45, 7) is 4.82. The largest absolute Gasteiger partial charge is 0.375 e. The SMILES string of the molecule is CCC(C)OCc1ccc(C=NNC(N)=S)cc1. The van der Waals surface area contributed by atoms with Gasteiger partial charge in [-0.25, -0.2) is 0 Å². The molecule has 0 amide bonds. The minimum Gasteiger partial charge on any atom is -0.375 e. The van der Waals surface area contributed by atoms with Crippen molar-refractivity contribution in [2.75, 3.05) is 0 Å². The number of hydrogen-bond acceptors (Lipinski definition) is 3. The molecule has 1 rings (SSSR count). The normalized spacial score (nSPS) is 12.6. The number of thiocarbonyl (C=S) groups is 1. The average molecular weight is 265 g/mol. The second-order valence-corrected chi connectivity index (χ2v) is 4.45. The number of hydrogen-bond donors (Lipinski definition) is 2. The highest BCUT2D eigenvalue weighted by atomic mass is 32.1. The van der Waals surface area contributed by atoms with E-state index in [9.17, 15) is 0 Å². The topological polar surface area (TPSA) is 59.6 Å². The molecule has 0 heterocycles. The number of nitrogens with two attached hydrogens (primary N) is 1. The Morgan fingerprint density at radius 2 is 2.17 bits per heavy atom. The highest BCUT2D eigenvalue weighted by Gasteiger charge is 1.99. The van der Waals surface area contributed by atoms with Crippen LogP contribution in [0, 0.1) is 0 Å². The smallest absolute Gasteiger partial charge is 0.184 e. The van der Waals surface area contributed by atoms with Gasteiger partial charge in [-0.1, -0.05) is 31.2 Å². The van der Waals surface area contributed by atoms with Gasteiger partial charge in [0.25, 0.3) is 0 Å². The van der Waals surface area contributed by atoms with Crippen LogP contribution in [0.4, 0.5) is 0 Å². The molecule has 0 aromatic heterocycles. The van der Waals surface area contributed by atoms with Crippen LogP contribution in [-0.2, 0) is 11.3 Å². The van der Waals surface area contributed by atoms with E-state index in [0.29, 0.717) is 12.7 Å². The number of hydrazone groups is 1. The summed E-state index contributed by atoms with van der Waals surface area (Å²) in [7, 11) is 0. The standard InChI is InChI=1S/C13H19N3OS/c1-3-10(2)17-9-12-6-4-11(5-7-12)8-15-16-13(14)18/h4-8,10H,3,9H2,1-2H3,(H3,14,16,18). The molecule has 0 aliphatic carbocycles. The van der Waals surface area contributed by atoms with E-state index in [2.05, 4.69) is 36.6 Å². The van der Waals surface area contributed by atoms with Gasteiger partial charge in [0.15, 0.2) is 5.11 Å². The minimum atomic E-state index is 0.157. The molecule has 0 saturated heterocycles. The molecular weight excluding hydrogens is 246 g/mol. The first-order chi connectivity index (χ1) is 8.61. The van der Waals surface area contributed by atoms with E-state index in [1.54, 1.807) is 6.21 Å². The summed E-state index contributed by atoms with van der Waals surface area (Å²) in [5, 5.41) is 4.04. The van der Waals surface area contributed by atoms with Crippen molar-refractivity contribution in [1.29, 1.82) is 0 Å². The van der Waals surface area contributed by atoms with Crippen LogP contribution >= 0.6 is 12.2 Å². The quantitative estimate of drug-likeness (QED) is 0.470. The van der Waals surface area contributed by atoms with Gasteiger partial charge in [0.05, 0.1) is 18.9 Å². The molecule has 18 heavy (non-hydrogen) atoms. The fourth-order valence-corrected chi connectivity index (χ4v) is 1.28. The predicted molar refractivity (Wildman–Crippen MR) is 78.5 cm³/mol. The maximum absolute atomic E-state index is 5.65. The van der Waals surface area contributed by atoms with Crippen LogP contribution in [0.1, 0.15) is 31.4 Å². The summed E-state index contributed by atoms with van der Waals surface area (Å²) < 4.78 is 5.65. The van der Waals surface area contributed by atoms with E-state index < -0.39 is 0 Å². The van der Waals surface area contributed by atoms with Crippen molar-refractivity contribution in [3.05, 3.63) is 35.4 Å². The number of ether oxygens (including phenoxy) is 1. The fourth-order valence-electron chi connectivity index (χ4n) is 1.23. The molecule has 0 fully saturated rings. The molecule has 1 aromatic rings. The summed E-state index contributed by atoms with van der Waals surface area (Å²) in [4.78, 5) is 0. The highest BCUT2D eigenvalue weighted by molar-refractivity contribution is 7.80. The highest BCUT2D eigenvalue weighted by Crippen LogP contribution is 2.07. The Balaban J connectivity index is 2.47. The minimum absolute atomic E-state index is 0.157. The zero-order valence-corrected chi connectivity index (χ0v) is 11.5. The molecule has 1 atom stereocenters. The Bertz CT molecular complexity index is 403. The van der Waals surface area contributed by atoms with Gasteiger partial charge < -0.3 is 10.5 Å². The van der Waals surface area contributed by atoms with Crippen molar-refractivity contribution in [3.8, 4) is 0 Å². The van der Waals surface area contributed by atoms with Crippen LogP contribution in [-0.4, -0.2) is 17.4 Å². The first-order valence-electron chi connectivity index (χ1n) is 5.91. The average Bonchev–Trinajstić information content (AvgIpc) is 2.37. The Morgan fingerprint density at radius 3 is 2.72 bits per heavy atom. The zero-order chi connectivity index (χ0) is 13.4. The first-order valence-corrected chi connectivity index (χ1v) is 6.31. The van der Waals surface area contributed by atoms with Gasteiger partial charge in [0.1, 0.15) is 0 Å². The van der Waals surface area contributed by atoms with Crippen LogP contribution < -0.4 is 11.2 Å². The third-order valence-electron chi connectivity index (χ3n) is 2.48. The zero-order valence-electron chi connectivity index (χ0n) is 10.7. The maximum atomic E-state index is 5.65. The van der Waals surface area contributed by atoms with Crippen molar-refractivity contribution in [2.24, 2.45) is 10.8 Å². The van der Waals surface area contributed by atoms with Gasteiger partial charge in [-0.15, -0.1) is 0 Å². The summed E-state index contributed by atoms with van der Waals surface area (Å²) in [5.41, 5.74) is 9.89. The molecule has 1 unspecified atom stereocenters. The molecule has 0 bridgehead atoms. The van der Waals surface area contributed by atoms with Crippen molar-refractivity contribution < 1.29 is 4.74 Å². The van der Waals surface area contributed by atoms with E-state index >= 15 is 0 Å². The van der Waals surface area contributed by atoms with Crippen molar-refractivity contribution >= 4 is 23.5 Å². The van der Waals surface area contributed by atoms with Crippen molar-refractivity contribution in [3.63, 3.8) is 0 Å². The molecule has 5 heteroatoms. The van der Waals surface area contributed by atoms with Gasteiger partial charge in [0, 0.05) is 0 Å². The molecule has 4 nitrogen and oxygen atoms in total. The van der Waals surface area contributed by atoms with Crippen molar-refractivity contribution in [2.45, 2.75) is 33.0 Å². The predicted octanol–water partition coefficient (Wildman–Crippen LogP) is 2.17. The molecular formula is C13H19N3OS. The van der Waals surface area contributed by atoms with Gasteiger partial charge in [-0.05, 0) is 36.7 Å². The number of benzene rings is 1. The van der Waals surface area contributed by atoms with Gasteiger partial charge in [-0.3, -0.25) is 5.43 Å². The monoisotopic (exact) mass is 265 g/mol.